The lowest BCUT2D eigenvalue weighted by atomic mass is 9.97. The predicted molar refractivity (Wildman–Crippen MR) is 95.9 cm³/mol. The molecule has 1 fully saturated rings. The van der Waals surface area contributed by atoms with Gasteiger partial charge in [-0.15, -0.1) is 0 Å². The van der Waals surface area contributed by atoms with Crippen LogP contribution in [-0.2, 0) is 9.47 Å². The van der Waals surface area contributed by atoms with Crippen molar-refractivity contribution in [2.45, 2.75) is 52.9 Å². The minimum atomic E-state index is 0.582. The van der Waals surface area contributed by atoms with Crippen LogP contribution in [0.15, 0.2) is 35.9 Å². The molecule has 1 heterocycles. The normalized spacial score (nSPS) is 21.7. The number of allylic oxidation sites excluding steroid dienone is 4. The first-order valence-electron chi connectivity index (χ1n) is 9.18. The van der Waals surface area contributed by atoms with Gasteiger partial charge in [0.15, 0.2) is 5.76 Å². The number of rotatable bonds is 8. The number of hydrogen-bond acceptors (Lipinski definition) is 3. The first kappa shape index (κ1) is 18.0. The third kappa shape index (κ3) is 5.63. The van der Waals surface area contributed by atoms with Crippen LogP contribution in [0.3, 0.4) is 0 Å². The van der Waals surface area contributed by atoms with E-state index in [1.807, 2.05) is 6.92 Å². The van der Waals surface area contributed by atoms with Crippen LogP contribution in [0.25, 0.3) is 0 Å². The van der Waals surface area contributed by atoms with Crippen LogP contribution >= 0.6 is 0 Å². The van der Waals surface area contributed by atoms with E-state index in [4.69, 9.17) is 9.47 Å². The molecule has 1 atom stereocenters. The van der Waals surface area contributed by atoms with Gasteiger partial charge >= 0.3 is 0 Å². The summed E-state index contributed by atoms with van der Waals surface area (Å²) in [7, 11) is 0. The maximum Gasteiger partial charge on any atom is 0.156 e. The van der Waals surface area contributed by atoms with Crippen LogP contribution in [-0.4, -0.2) is 31.2 Å². The van der Waals surface area contributed by atoms with Gasteiger partial charge in [0.1, 0.15) is 5.76 Å². The van der Waals surface area contributed by atoms with Gasteiger partial charge in [0, 0.05) is 31.1 Å². The molecule has 0 aromatic rings. The number of hydrogen-bond donors (Lipinski definition) is 0. The third-order valence-corrected chi connectivity index (χ3v) is 4.49. The summed E-state index contributed by atoms with van der Waals surface area (Å²) in [6, 6.07) is 0. The molecule has 0 aromatic carbocycles. The Morgan fingerprint density at radius 2 is 2.22 bits per heavy atom. The quantitative estimate of drug-likeness (QED) is 0.637. The van der Waals surface area contributed by atoms with Crippen molar-refractivity contribution in [3.8, 4) is 0 Å². The molecule has 2 rings (SSSR count). The molecule has 0 saturated carbocycles. The summed E-state index contributed by atoms with van der Waals surface area (Å²) < 4.78 is 11.8. The molecule has 1 saturated heterocycles. The Balaban J connectivity index is 1.85. The van der Waals surface area contributed by atoms with Crippen molar-refractivity contribution in [3.05, 3.63) is 35.9 Å². The summed E-state index contributed by atoms with van der Waals surface area (Å²) in [6.45, 7) is 14.5. The lowest BCUT2D eigenvalue weighted by Gasteiger charge is -2.36. The minimum Gasteiger partial charge on any atom is -0.494 e. The second-order valence-corrected chi connectivity index (χ2v) is 7.09. The molecule has 1 unspecified atom stereocenters. The van der Waals surface area contributed by atoms with Gasteiger partial charge in [0.2, 0.25) is 0 Å². The number of nitrogens with zero attached hydrogens (tertiary/aromatic N) is 1. The summed E-state index contributed by atoms with van der Waals surface area (Å²) in [5.74, 6) is 3.21. The smallest absolute Gasteiger partial charge is 0.156 e. The number of piperidine rings is 1. The average molecular weight is 319 g/mol. The van der Waals surface area contributed by atoms with E-state index in [-0.39, 0.29) is 0 Å². The summed E-state index contributed by atoms with van der Waals surface area (Å²) in [4.78, 5) is 2.46. The van der Waals surface area contributed by atoms with E-state index in [9.17, 15) is 0 Å². The van der Waals surface area contributed by atoms with Gasteiger partial charge in [-0.25, -0.2) is 0 Å². The Morgan fingerprint density at radius 1 is 1.39 bits per heavy atom. The van der Waals surface area contributed by atoms with Crippen molar-refractivity contribution in [2.24, 2.45) is 11.8 Å². The second kappa shape index (κ2) is 9.05. The lowest BCUT2D eigenvalue weighted by molar-refractivity contribution is 0.0999. The Hall–Kier alpha value is -1.38. The fraction of sp³-hybridized carbons (Fsp3) is 0.700. The van der Waals surface area contributed by atoms with Crippen molar-refractivity contribution in [1.82, 2.24) is 4.90 Å². The summed E-state index contributed by atoms with van der Waals surface area (Å²) >= 11 is 0. The highest BCUT2D eigenvalue weighted by atomic mass is 16.5. The highest BCUT2D eigenvalue weighted by Gasteiger charge is 2.22. The Labute approximate surface area is 142 Å². The molecule has 1 aliphatic heterocycles. The summed E-state index contributed by atoms with van der Waals surface area (Å²) in [5, 5.41) is 0. The molecule has 2 aliphatic rings. The SMILES string of the molecule is C=C(CC(C)C)N1CCCC(COC2=C(OCC)CCC=C2)C1. The Kier molecular flexibility index (Phi) is 7.07. The molecule has 0 amide bonds. The number of ether oxygens (including phenoxy) is 2. The first-order valence-corrected chi connectivity index (χ1v) is 9.18. The highest BCUT2D eigenvalue weighted by molar-refractivity contribution is 5.21. The van der Waals surface area contributed by atoms with Crippen molar-refractivity contribution in [1.29, 1.82) is 0 Å². The molecule has 0 spiro atoms. The van der Waals surface area contributed by atoms with Crippen LogP contribution in [0.1, 0.15) is 52.9 Å². The van der Waals surface area contributed by atoms with Crippen molar-refractivity contribution in [3.63, 3.8) is 0 Å². The van der Waals surface area contributed by atoms with Gasteiger partial charge in [-0.05, 0) is 44.6 Å². The monoisotopic (exact) mass is 319 g/mol. The van der Waals surface area contributed by atoms with Crippen molar-refractivity contribution < 1.29 is 9.47 Å². The maximum absolute atomic E-state index is 6.11. The fourth-order valence-corrected chi connectivity index (χ4v) is 3.36. The molecule has 23 heavy (non-hydrogen) atoms. The van der Waals surface area contributed by atoms with Crippen LogP contribution in [0.5, 0.6) is 0 Å². The molecule has 0 bridgehead atoms. The molecule has 0 N–H and O–H groups in total. The van der Waals surface area contributed by atoms with Gasteiger partial charge in [-0.2, -0.15) is 0 Å². The highest BCUT2D eigenvalue weighted by Crippen LogP contribution is 2.26. The van der Waals surface area contributed by atoms with E-state index in [0.717, 1.165) is 50.5 Å². The van der Waals surface area contributed by atoms with E-state index < -0.39 is 0 Å². The van der Waals surface area contributed by atoms with E-state index in [0.29, 0.717) is 18.4 Å². The van der Waals surface area contributed by atoms with E-state index in [2.05, 4.69) is 37.5 Å². The molecular formula is C20H33NO2. The Morgan fingerprint density at radius 3 is 2.96 bits per heavy atom. The van der Waals surface area contributed by atoms with Crippen LogP contribution in [0.4, 0.5) is 0 Å². The van der Waals surface area contributed by atoms with Crippen LogP contribution in [0.2, 0.25) is 0 Å². The fourth-order valence-electron chi connectivity index (χ4n) is 3.36. The molecule has 130 valence electrons. The topological polar surface area (TPSA) is 21.7 Å². The second-order valence-electron chi connectivity index (χ2n) is 7.09. The average Bonchev–Trinajstić information content (AvgIpc) is 2.54. The van der Waals surface area contributed by atoms with E-state index in [1.165, 1.54) is 18.5 Å². The third-order valence-electron chi connectivity index (χ3n) is 4.49. The zero-order valence-corrected chi connectivity index (χ0v) is 15.1. The van der Waals surface area contributed by atoms with E-state index >= 15 is 0 Å². The number of likely N-dealkylation sites (tertiary alicyclic amines) is 1. The lowest BCUT2D eigenvalue weighted by Crippen LogP contribution is -2.36. The molecule has 0 radical (unpaired) electrons. The van der Waals surface area contributed by atoms with Crippen LogP contribution < -0.4 is 0 Å². The standard InChI is InChI=1S/C20H33NO2/c1-5-22-19-10-6-7-11-20(19)23-15-18-9-8-12-21(14-18)17(4)13-16(2)3/h7,11,16,18H,4-6,8-10,12-15H2,1-3H3. The first-order chi connectivity index (χ1) is 11.1. The van der Waals surface area contributed by atoms with Gasteiger partial charge < -0.3 is 14.4 Å². The molecule has 1 aliphatic carbocycles. The zero-order valence-electron chi connectivity index (χ0n) is 15.1. The summed E-state index contributed by atoms with van der Waals surface area (Å²) in [6.07, 6.45) is 9.83. The van der Waals surface area contributed by atoms with Gasteiger partial charge in [-0.1, -0.05) is 26.5 Å². The molecule has 3 nitrogen and oxygen atoms in total. The Bertz CT molecular complexity index is 451. The minimum absolute atomic E-state index is 0.582. The van der Waals surface area contributed by atoms with Gasteiger partial charge in [0.05, 0.1) is 13.2 Å². The molecule has 3 heteroatoms. The van der Waals surface area contributed by atoms with Crippen molar-refractivity contribution >= 4 is 0 Å². The largest absolute Gasteiger partial charge is 0.494 e. The van der Waals surface area contributed by atoms with Crippen LogP contribution in [0, 0.1) is 11.8 Å². The van der Waals surface area contributed by atoms with Gasteiger partial charge in [-0.3, -0.25) is 0 Å². The molecular weight excluding hydrogens is 286 g/mol. The van der Waals surface area contributed by atoms with Gasteiger partial charge in [0.25, 0.3) is 0 Å². The van der Waals surface area contributed by atoms with E-state index in [1.54, 1.807) is 0 Å². The van der Waals surface area contributed by atoms with Crippen molar-refractivity contribution in [2.75, 3.05) is 26.3 Å². The zero-order chi connectivity index (χ0) is 16.7. The molecule has 0 aromatic heterocycles. The maximum atomic E-state index is 6.11. The predicted octanol–water partition coefficient (Wildman–Crippen LogP) is 4.87. The summed E-state index contributed by atoms with van der Waals surface area (Å²) in [5.41, 5.74) is 1.29.